The molecule has 0 bridgehead atoms. The Kier molecular flexibility index (Phi) is 6.04. The molecule has 1 rings (SSSR count). The van der Waals surface area contributed by atoms with Gasteiger partial charge < -0.3 is 9.47 Å². The summed E-state index contributed by atoms with van der Waals surface area (Å²) in [6, 6.07) is 5.11. The molecule has 0 aromatic carbocycles. The average Bonchev–Trinajstić information content (AvgIpc) is 3.21. The average molecular weight is 286 g/mol. The zero-order valence-corrected chi connectivity index (χ0v) is 13.5. The number of esters is 2. The van der Waals surface area contributed by atoms with Crippen molar-refractivity contribution in [2.75, 3.05) is 13.7 Å². The highest BCUT2D eigenvalue weighted by atomic mass is 28.3. The van der Waals surface area contributed by atoms with Gasteiger partial charge in [-0.15, -0.1) is 0 Å². The second-order valence-corrected chi connectivity index (χ2v) is 11.1. The van der Waals surface area contributed by atoms with Crippen LogP contribution in [0.15, 0.2) is 0 Å². The predicted molar refractivity (Wildman–Crippen MR) is 76.6 cm³/mol. The topological polar surface area (TPSA) is 52.6 Å². The van der Waals surface area contributed by atoms with Crippen molar-refractivity contribution in [1.82, 2.24) is 0 Å². The van der Waals surface area contributed by atoms with Gasteiger partial charge in [-0.3, -0.25) is 4.79 Å². The van der Waals surface area contributed by atoms with Crippen LogP contribution in [0, 0.1) is 11.8 Å². The molecule has 0 radical (unpaired) electrons. The van der Waals surface area contributed by atoms with E-state index in [9.17, 15) is 9.59 Å². The summed E-state index contributed by atoms with van der Waals surface area (Å²) in [6.07, 6.45) is 0.939. The summed E-state index contributed by atoms with van der Waals surface area (Å²) in [4.78, 5) is 22.7. The lowest BCUT2D eigenvalue weighted by Gasteiger charge is -2.28. The molecule has 1 aliphatic rings. The van der Waals surface area contributed by atoms with E-state index >= 15 is 0 Å². The van der Waals surface area contributed by atoms with Gasteiger partial charge in [-0.1, -0.05) is 44.9 Å². The van der Waals surface area contributed by atoms with Crippen LogP contribution in [0.2, 0.25) is 24.2 Å². The summed E-state index contributed by atoms with van der Waals surface area (Å²) in [6.45, 7) is 6.60. The van der Waals surface area contributed by atoms with Gasteiger partial charge in [0, 0.05) is 0 Å². The number of methoxy groups -OCH3 is 1. The first-order chi connectivity index (χ1) is 9.01. The van der Waals surface area contributed by atoms with Gasteiger partial charge in [0.1, 0.15) is 0 Å². The lowest BCUT2D eigenvalue weighted by atomic mass is 10.3. The minimum Gasteiger partial charge on any atom is -0.466 e. The molecular weight excluding hydrogens is 260 g/mol. The molecule has 19 heavy (non-hydrogen) atoms. The summed E-state index contributed by atoms with van der Waals surface area (Å²) < 4.78 is 9.42. The molecule has 2 atom stereocenters. The van der Waals surface area contributed by atoms with E-state index in [1.165, 1.54) is 31.3 Å². The van der Waals surface area contributed by atoms with Gasteiger partial charge in [-0.2, -0.15) is 0 Å². The zero-order valence-electron chi connectivity index (χ0n) is 12.5. The monoisotopic (exact) mass is 286 g/mol. The van der Waals surface area contributed by atoms with Gasteiger partial charge >= 0.3 is 11.9 Å². The first kappa shape index (κ1) is 16.2. The van der Waals surface area contributed by atoms with E-state index in [1.54, 1.807) is 0 Å². The fourth-order valence-electron chi connectivity index (χ4n) is 2.80. The van der Waals surface area contributed by atoms with Crippen LogP contribution < -0.4 is 0 Å². The van der Waals surface area contributed by atoms with Gasteiger partial charge in [-0.05, 0) is 12.3 Å². The highest BCUT2D eigenvalue weighted by Gasteiger charge is 2.47. The molecule has 0 aromatic heterocycles. The lowest BCUT2D eigenvalue weighted by molar-refractivity contribution is -0.158. The van der Waals surface area contributed by atoms with E-state index < -0.39 is 14.0 Å². The fourth-order valence-corrected chi connectivity index (χ4v) is 6.73. The standard InChI is InChI=1S/C14H26O4Si/c1-5-19(6-2,7-3)10-11-8-12(11)14(16)18-9-13(15)17-4/h11-12H,5-10H2,1-4H3/t11-,12+/m0/s1. The Hall–Kier alpha value is -0.843. The molecular formula is C14H26O4Si. The van der Waals surface area contributed by atoms with Crippen LogP contribution in [0.3, 0.4) is 0 Å². The summed E-state index contributed by atoms with van der Waals surface area (Å²) in [5, 5.41) is 0. The second-order valence-electron chi connectivity index (χ2n) is 5.55. The van der Waals surface area contributed by atoms with Gasteiger partial charge in [0.2, 0.25) is 0 Å². The number of ether oxygens (including phenoxy) is 2. The van der Waals surface area contributed by atoms with Gasteiger partial charge in [0.25, 0.3) is 0 Å². The van der Waals surface area contributed by atoms with Crippen LogP contribution in [0.5, 0.6) is 0 Å². The van der Waals surface area contributed by atoms with Crippen molar-refractivity contribution >= 4 is 20.0 Å². The first-order valence-electron chi connectivity index (χ1n) is 7.25. The Morgan fingerprint density at radius 1 is 1.16 bits per heavy atom. The van der Waals surface area contributed by atoms with E-state index in [0.717, 1.165) is 6.42 Å². The highest BCUT2D eigenvalue weighted by molar-refractivity contribution is 6.79. The van der Waals surface area contributed by atoms with E-state index in [-0.39, 0.29) is 18.5 Å². The molecule has 0 spiro atoms. The molecule has 5 heteroatoms. The summed E-state index contributed by atoms with van der Waals surface area (Å²) >= 11 is 0. The summed E-state index contributed by atoms with van der Waals surface area (Å²) in [5.41, 5.74) is 0. The lowest BCUT2D eigenvalue weighted by Crippen LogP contribution is -2.32. The maximum atomic E-state index is 11.8. The van der Waals surface area contributed by atoms with Crippen LogP contribution in [0.1, 0.15) is 27.2 Å². The van der Waals surface area contributed by atoms with Crippen LogP contribution in [0.4, 0.5) is 0 Å². The van der Waals surface area contributed by atoms with Crippen molar-refractivity contribution < 1.29 is 19.1 Å². The van der Waals surface area contributed by atoms with E-state index in [0.29, 0.717) is 5.92 Å². The summed E-state index contributed by atoms with van der Waals surface area (Å²) in [5.74, 6) is -0.190. The molecule has 0 N–H and O–H groups in total. The molecule has 0 aliphatic heterocycles. The number of hydrogen-bond acceptors (Lipinski definition) is 4. The van der Waals surface area contributed by atoms with Gasteiger partial charge in [0.15, 0.2) is 6.61 Å². The zero-order chi connectivity index (χ0) is 14.5. The van der Waals surface area contributed by atoms with Gasteiger partial charge in [0.05, 0.1) is 21.1 Å². The fraction of sp³-hybridized carbons (Fsp3) is 0.857. The van der Waals surface area contributed by atoms with Crippen LogP contribution >= 0.6 is 0 Å². The van der Waals surface area contributed by atoms with Crippen LogP contribution in [-0.2, 0) is 19.1 Å². The Morgan fingerprint density at radius 3 is 2.21 bits per heavy atom. The third-order valence-corrected chi connectivity index (χ3v) is 10.6. The third-order valence-electron chi connectivity index (χ3n) is 4.73. The maximum Gasteiger partial charge on any atom is 0.344 e. The summed E-state index contributed by atoms with van der Waals surface area (Å²) in [7, 11) is 0.135. The van der Waals surface area contributed by atoms with E-state index in [1.807, 2.05) is 0 Å². The number of carbonyl (C=O) groups is 2. The Bertz CT molecular complexity index is 317. The Morgan fingerprint density at radius 2 is 1.74 bits per heavy atom. The van der Waals surface area contributed by atoms with Crippen molar-refractivity contribution in [2.45, 2.75) is 51.4 Å². The van der Waals surface area contributed by atoms with E-state index in [2.05, 4.69) is 25.5 Å². The molecule has 0 unspecified atom stereocenters. The SMILES string of the molecule is CC[Si](CC)(CC)C[C@@H]1C[C@H]1C(=O)OCC(=O)OC. The van der Waals surface area contributed by atoms with E-state index in [4.69, 9.17) is 4.74 Å². The van der Waals surface area contributed by atoms with Crippen molar-refractivity contribution in [3.63, 3.8) is 0 Å². The molecule has 1 fully saturated rings. The minimum atomic E-state index is -1.16. The van der Waals surface area contributed by atoms with Crippen LogP contribution in [-0.4, -0.2) is 33.7 Å². The second kappa shape index (κ2) is 7.08. The third kappa shape index (κ3) is 4.33. The molecule has 0 heterocycles. The quantitative estimate of drug-likeness (QED) is 0.508. The Labute approximate surface area is 116 Å². The smallest absolute Gasteiger partial charge is 0.344 e. The predicted octanol–water partition coefficient (Wildman–Crippen LogP) is 2.85. The first-order valence-corrected chi connectivity index (χ1v) is 10.1. The molecule has 0 aromatic rings. The van der Waals surface area contributed by atoms with Crippen molar-refractivity contribution in [3.8, 4) is 0 Å². The molecule has 0 saturated heterocycles. The maximum absolute atomic E-state index is 11.8. The largest absolute Gasteiger partial charge is 0.466 e. The number of rotatable bonds is 8. The van der Waals surface area contributed by atoms with Gasteiger partial charge in [-0.25, -0.2) is 4.79 Å². The number of hydrogen-bond donors (Lipinski definition) is 0. The van der Waals surface area contributed by atoms with Crippen LogP contribution in [0.25, 0.3) is 0 Å². The molecule has 4 nitrogen and oxygen atoms in total. The van der Waals surface area contributed by atoms with Crippen molar-refractivity contribution in [3.05, 3.63) is 0 Å². The minimum absolute atomic E-state index is 0.0289. The molecule has 110 valence electrons. The normalized spacial score (nSPS) is 21.9. The number of carbonyl (C=O) groups excluding carboxylic acids is 2. The molecule has 1 aliphatic carbocycles. The molecule has 1 saturated carbocycles. The van der Waals surface area contributed by atoms with Crippen molar-refractivity contribution in [1.29, 1.82) is 0 Å². The highest BCUT2D eigenvalue weighted by Crippen LogP contribution is 2.47. The molecule has 0 amide bonds. The van der Waals surface area contributed by atoms with Crippen molar-refractivity contribution in [2.24, 2.45) is 11.8 Å². The Balaban J connectivity index is 2.38.